The van der Waals surface area contributed by atoms with Crippen molar-refractivity contribution in [2.45, 2.75) is 25.9 Å². The summed E-state index contributed by atoms with van der Waals surface area (Å²) in [5, 5.41) is 3.17. The summed E-state index contributed by atoms with van der Waals surface area (Å²) in [6, 6.07) is 4.53. The second-order valence-electron chi connectivity index (χ2n) is 5.01. The number of benzene rings is 1. The van der Waals surface area contributed by atoms with Crippen LogP contribution in [0.2, 0.25) is 0 Å². The minimum Gasteiger partial charge on any atom is -0.335 e. The van der Waals surface area contributed by atoms with Crippen LogP contribution < -0.4 is 5.32 Å². The molecule has 3 nitrogen and oxygen atoms in total. The molecule has 0 spiro atoms. The van der Waals surface area contributed by atoms with Crippen LogP contribution in [-0.4, -0.2) is 29.4 Å². The molecule has 0 aromatic heterocycles. The topological polar surface area (TPSA) is 32.3 Å². The number of piperazine rings is 1. The Labute approximate surface area is 114 Å². The highest BCUT2D eigenvalue weighted by Crippen LogP contribution is 2.22. The minimum absolute atomic E-state index is 0.0462. The van der Waals surface area contributed by atoms with Gasteiger partial charge in [0.05, 0.1) is 5.54 Å². The molecule has 1 aromatic carbocycles. The fourth-order valence-electron chi connectivity index (χ4n) is 2.10. The maximum absolute atomic E-state index is 13.2. The lowest BCUT2D eigenvalue weighted by molar-refractivity contribution is -0.140. The highest BCUT2D eigenvalue weighted by atomic mass is 79.9. The van der Waals surface area contributed by atoms with Gasteiger partial charge in [0.15, 0.2) is 0 Å². The SMILES string of the molecule is CC1(C)NCCN(Cc2cc(F)ccc2Br)C1=O. The molecule has 1 N–H and O–H groups in total. The van der Waals surface area contributed by atoms with Gasteiger partial charge in [0, 0.05) is 24.1 Å². The van der Waals surface area contributed by atoms with Crippen LogP contribution in [0.3, 0.4) is 0 Å². The first kappa shape index (κ1) is 13.5. The van der Waals surface area contributed by atoms with Crippen molar-refractivity contribution in [2.75, 3.05) is 13.1 Å². The molecule has 2 rings (SSSR count). The second-order valence-corrected chi connectivity index (χ2v) is 5.87. The van der Waals surface area contributed by atoms with Crippen LogP contribution in [0.1, 0.15) is 19.4 Å². The molecule has 1 amide bonds. The van der Waals surface area contributed by atoms with Crippen LogP contribution in [0.15, 0.2) is 22.7 Å². The third kappa shape index (κ3) is 2.72. The van der Waals surface area contributed by atoms with Crippen molar-refractivity contribution in [3.63, 3.8) is 0 Å². The summed E-state index contributed by atoms with van der Waals surface area (Å²) in [4.78, 5) is 14.0. The molecule has 0 atom stereocenters. The monoisotopic (exact) mass is 314 g/mol. The Morgan fingerprint density at radius 2 is 2.22 bits per heavy atom. The van der Waals surface area contributed by atoms with Gasteiger partial charge in [-0.1, -0.05) is 15.9 Å². The van der Waals surface area contributed by atoms with Crippen LogP contribution in [0.5, 0.6) is 0 Å². The number of carbonyl (C=O) groups excluding carboxylic acids is 1. The highest BCUT2D eigenvalue weighted by molar-refractivity contribution is 9.10. The summed E-state index contributed by atoms with van der Waals surface area (Å²) < 4.78 is 14.0. The van der Waals surface area contributed by atoms with Gasteiger partial charge in [-0.15, -0.1) is 0 Å². The Hall–Kier alpha value is -0.940. The van der Waals surface area contributed by atoms with Gasteiger partial charge in [-0.05, 0) is 37.6 Å². The van der Waals surface area contributed by atoms with Crippen molar-refractivity contribution in [3.8, 4) is 0 Å². The maximum atomic E-state index is 13.2. The van der Waals surface area contributed by atoms with Gasteiger partial charge < -0.3 is 10.2 Å². The highest BCUT2D eigenvalue weighted by Gasteiger charge is 2.35. The molecule has 0 unspecified atom stereocenters. The Bertz CT molecular complexity index is 476. The van der Waals surface area contributed by atoms with E-state index in [0.29, 0.717) is 13.1 Å². The van der Waals surface area contributed by atoms with Crippen LogP contribution in [0.25, 0.3) is 0 Å². The fraction of sp³-hybridized carbons (Fsp3) is 0.462. The number of hydrogen-bond acceptors (Lipinski definition) is 2. The van der Waals surface area contributed by atoms with Gasteiger partial charge in [0.1, 0.15) is 5.82 Å². The predicted molar refractivity (Wildman–Crippen MR) is 71.6 cm³/mol. The lowest BCUT2D eigenvalue weighted by atomic mass is 10.0. The van der Waals surface area contributed by atoms with Crippen LogP contribution >= 0.6 is 15.9 Å². The number of nitrogens with zero attached hydrogens (tertiary/aromatic N) is 1. The Balaban J connectivity index is 2.18. The van der Waals surface area contributed by atoms with Crippen LogP contribution in [0.4, 0.5) is 4.39 Å². The van der Waals surface area contributed by atoms with Crippen molar-refractivity contribution in [3.05, 3.63) is 34.1 Å². The second kappa shape index (κ2) is 4.97. The molecule has 1 fully saturated rings. The molecular weight excluding hydrogens is 299 g/mol. The van der Waals surface area contributed by atoms with Gasteiger partial charge in [0.2, 0.25) is 5.91 Å². The molecule has 0 bridgehead atoms. The first-order chi connectivity index (χ1) is 8.40. The zero-order valence-electron chi connectivity index (χ0n) is 10.5. The molecule has 0 saturated carbocycles. The normalized spacial score (nSPS) is 19.1. The summed E-state index contributed by atoms with van der Waals surface area (Å²) in [5.41, 5.74) is 0.249. The third-order valence-electron chi connectivity index (χ3n) is 3.14. The smallest absolute Gasteiger partial charge is 0.242 e. The fourth-order valence-corrected chi connectivity index (χ4v) is 2.47. The number of hydrogen-bond donors (Lipinski definition) is 1. The predicted octanol–water partition coefficient (Wildman–Crippen LogP) is 2.30. The summed E-state index contributed by atoms with van der Waals surface area (Å²) in [6.07, 6.45) is 0. The molecular formula is C13H16BrFN2O. The summed E-state index contributed by atoms with van der Waals surface area (Å²) in [7, 11) is 0. The summed E-state index contributed by atoms with van der Waals surface area (Å²) >= 11 is 3.39. The Kier molecular flexibility index (Phi) is 3.73. The molecule has 1 aliphatic heterocycles. The van der Waals surface area contributed by atoms with Crippen molar-refractivity contribution >= 4 is 21.8 Å². The van der Waals surface area contributed by atoms with Crippen molar-refractivity contribution < 1.29 is 9.18 Å². The van der Waals surface area contributed by atoms with Gasteiger partial charge in [0.25, 0.3) is 0 Å². The maximum Gasteiger partial charge on any atom is 0.242 e. The van der Waals surface area contributed by atoms with Crippen LogP contribution in [0, 0.1) is 5.82 Å². The number of amides is 1. The van der Waals surface area contributed by atoms with E-state index in [1.165, 1.54) is 12.1 Å². The Morgan fingerprint density at radius 3 is 2.94 bits per heavy atom. The molecule has 5 heteroatoms. The van der Waals surface area contributed by atoms with Gasteiger partial charge >= 0.3 is 0 Å². The van der Waals surface area contributed by atoms with E-state index in [1.807, 2.05) is 13.8 Å². The van der Waals surface area contributed by atoms with Gasteiger partial charge in [-0.25, -0.2) is 4.39 Å². The molecule has 18 heavy (non-hydrogen) atoms. The zero-order valence-corrected chi connectivity index (χ0v) is 12.1. The largest absolute Gasteiger partial charge is 0.335 e. The quantitative estimate of drug-likeness (QED) is 0.908. The minimum atomic E-state index is -0.544. The van der Waals surface area contributed by atoms with E-state index in [4.69, 9.17) is 0 Å². The summed E-state index contributed by atoms with van der Waals surface area (Å²) in [6.45, 7) is 5.56. The van der Waals surface area contributed by atoms with Crippen LogP contribution in [-0.2, 0) is 11.3 Å². The zero-order chi connectivity index (χ0) is 13.3. The van der Waals surface area contributed by atoms with Gasteiger partial charge in [-0.2, -0.15) is 0 Å². The van der Waals surface area contributed by atoms with E-state index >= 15 is 0 Å². The molecule has 1 saturated heterocycles. The lowest BCUT2D eigenvalue weighted by Crippen LogP contribution is -2.60. The van der Waals surface area contributed by atoms with E-state index in [1.54, 1.807) is 11.0 Å². The molecule has 0 aliphatic carbocycles. The Morgan fingerprint density at radius 1 is 1.50 bits per heavy atom. The summed E-state index contributed by atoms with van der Waals surface area (Å²) in [5.74, 6) is -0.236. The average molecular weight is 315 g/mol. The molecule has 1 aromatic rings. The van der Waals surface area contributed by atoms with E-state index in [9.17, 15) is 9.18 Å². The van der Waals surface area contributed by atoms with E-state index in [0.717, 1.165) is 16.6 Å². The number of carbonyl (C=O) groups is 1. The average Bonchev–Trinajstić information content (AvgIpc) is 2.30. The van der Waals surface area contributed by atoms with Crippen molar-refractivity contribution in [1.82, 2.24) is 10.2 Å². The number of rotatable bonds is 2. The molecule has 0 radical (unpaired) electrons. The van der Waals surface area contributed by atoms with Crippen molar-refractivity contribution in [1.29, 1.82) is 0 Å². The standard InChI is InChI=1S/C13H16BrFN2O/c1-13(2)12(18)17(6-5-16-13)8-9-7-10(15)3-4-11(9)14/h3-4,7,16H,5-6,8H2,1-2H3. The molecule has 1 aliphatic rings. The van der Waals surface area contributed by atoms with E-state index in [-0.39, 0.29) is 11.7 Å². The van der Waals surface area contributed by atoms with Gasteiger partial charge in [-0.3, -0.25) is 4.79 Å². The number of nitrogens with one attached hydrogen (secondary N) is 1. The molecule has 98 valence electrons. The first-order valence-corrected chi connectivity index (χ1v) is 6.68. The van der Waals surface area contributed by atoms with E-state index in [2.05, 4.69) is 21.2 Å². The third-order valence-corrected chi connectivity index (χ3v) is 3.91. The van der Waals surface area contributed by atoms with Crippen molar-refractivity contribution in [2.24, 2.45) is 0 Å². The lowest BCUT2D eigenvalue weighted by Gasteiger charge is -2.38. The molecule has 1 heterocycles. The van der Waals surface area contributed by atoms with E-state index < -0.39 is 5.54 Å². The number of halogens is 2. The first-order valence-electron chi connectivity index (χ1n) is 5.88.